The molecule has 0 bridgehead atoms. The van der Waals surface area contributed by atoms with Crippen LogP contribution in [-0.2, 0) is 14.3 Å². The van der Waals surface area contributed by atoms with Crippen LogP contribution in [0.4, 0.5) is 0 Å². The highest BCUT2D eigenvalue weighted by Crippen LogP contribution is 1.87. The molecule has 0 aliphatic heterocycles. The van der Waals surface area contributed by atoms with Crippen molar-refractivity contribution in [2.24, 2.45) is 0 Å². The Balaban J connectivity index is -0.0000000946. The van der Waals surface area contributed by atoms with Crippen LogP contribution in [0.25, 0.3) is 0 Å². The summed E-state index contributed by atoms with van der Waals surface area (Å²) in [5, 5.41) is 0. The highest BCUT2D eigenvalue weighted by atomic mass is 79.9. The monoisotopic (exact) mass is 337 g/mol. The standard InChI is InChI=1S/C6H12O2.C5H12NO.C3H4.BrH/c1-3-4-5-8-6(2)7;1-5(7)6(2,3)4;1-3-2;/h3-5H2,1-2H3;1-4H3;1-2H2;1H/q;+1;;/p-1. The van der Waals surface area contributed by atoms with Crippen molar-refractivity contribution < 1.29 is 35.8 Å². The molecule has 0 saturated heterocycles. The second kappa shape index (κ2) is 17.1. The zero-order valence-corrected chi connectivity index (χ0v) is 14.7. The van der Waals surface area contributed by atoms with Gasteiger partial charge in [-0.15, -0.1) is 5.73 Å². The van der Waals surface area contributed by atoms with Gasteiger partial charge in [-0.2, -0.15) is 0 Å². The van der Waals surface area contributed by atoms with Crippen LogP contribution in [0, 0.1) is 0 Å². The summed E-state index contributed by atoms with van der Waals surface area (Å²) < 4.78 is 5.06. The fourth-order valence-electron chi connectivity index (χ4n) is 0.360. The lowest BCUT2D eigenvalue weighted by molar-refractivity contribution is -0.791. The van der Waals surface area contributed by atoms with Gasteiger partial charge in [-0.05, 0) is 6.42 Å². The third-order valence-electron chi connectivity index (χ3n) is 1.75. The predicted octanol–water partition coefficient (Wildman–Crippen LogP) is -0.450. The van der Waals surface area contributed by atoms with E-state index in [0.29, 0.717) is 11.1 Å². The lowest BCUT2D eigenvalue weighted by atomic mass is 10.4. The van der Waals surface area contributed by atoms with E-state index in [-0.39, 0.29) is 28.9 Å². The topological polar surface area (TPSA) is 43.4 Å². The number of halogens is 1. The van der Waals surface area contributed by atoms with Crippen LogP contribution in [0.15, 0.2) is 18.9 Å². The quantitative estimate of drug-likeness (QED) is 0.303. The Morgan fingerprint density at radius 3 is 1.63 bits per heavy atom. The molecule has 0 aliphatic carbocycles. The molecule has 0 saturated carbocycles. The van der Waals surface area contributed by atoms with E-state index in [0.717, 1.165) is 12.8 Å². The van der Waals surface area contributed by atoms with Gasteiger partial charge in [-0.25, -0.2) is 4.79 Å². The van der Waals surface area contributed by atoms with Crippen molar-refractivity contribution >= 4 is 11.9 Å². The maximum absolute atomic E-state index is 10.4. The van der Waals surface area contributed by atoms with E-state index < -0.39 is 0 Å². The minimum absolute atomic E-state index is 0. The number of unbranched alkanes of at least 4 members (excludes halogenated alkanes) is 1. The molecule has 0 N–H and O–H groups in total. The molecule has 0 unspecified atom stereocenters. The maximum atomic E-state index is 10.4. The van der Waals surface area contributed by atoms with Crippen LogP contribution in [0.3, 0.4) is 0 Å². The van der Waals surface area contributed by atoms with Gasteiger partial charge in [0, 0.05) is 6.92 Å². The zero-order valence-electron chi connectivity index (χ0n) is 13.1. The first-order valence-corrected chi connectivity index (χ1v) is 5.88. The van der Waals surface area contributed by atoms with E-state index in [1.807, 2.05) is 21.1 Å². The molecule has 0 spiro atoms. The van der Waals surface area contributed by atoms with Crippen molar-refractivity contribution in [3.05, 3.63) is 18.9 Å². The molecule has 0 aliphatic rings. The maximum Gasteiger partial charge on any atom is 0.309 e. The second-order valence-corrected chi connectivity index (χ2v) is 4.48. The van der Waals surface area contributed by atoms with E-state index in [2.05, 4.69) is 30.5 Å². The summed E-state index contributed by atoms with van der Waals surface area (Å²) in [7, 11) is 5.55. The summed E-state index contributed by atoms with van der Waals surface area (Å²) in [5.74, 6) is -0.00144. The number of rotatable bonds is 3. The number of amides is 1. The van der Waals surface area contributed by atoms with Gasteiger partial charge in [0.2, 0.25) is 0 Å². The van der Waals surface area contributed by atoms with Crippen LogP contribution >= 0.6 is 0 Å². The van der Waals surface area contributed by atoms with Crippen LogP contribution in [-0.4, -0.2) is 44.1 Å². The summed E-state index contributed by atoms with van der Waals surface area (Å²) in [6, 6.07) is 0. The lowest BCUT2D eigenvalue weighted by Crippen LogP contribution is -3.00. The fraction of sp³-hybridized carbons (Fsp3) is 0.643. The number of hydrogen-bond donors (Lipinski definition) is 0. The van der Waals surface area contributed by atoms with E-state index in [1.54, 1.807) is 6.92 Å². The van der Waals surface area contributed by atoms with Crippen LogP contribution in [0.5, 0.6) is 0 Å². The van der Waals surface area contributed by atoms with Crippen LogP contribution in [0.1, 0.15) is 33.6 Å². The molecule has 0 fully saturated rings. The fourth-order valence-corrected chi connectivity index (χ4v) is 0.360. The van der Waals surface area contributed by atoms with Crippen molar-refractivity contribution in [1.29, 1.82) is 0 Å². The van der Waals surface area contributed by atoms with Gasteiger partial charge >= 0.3 is 11.9 Å². The third kappa shape index (κ3) is 38.2. The summed E-state index contributed by atoms with van der Waals surface area (Å²) in [4.78, 5) is 20.5. The summed E-state index contributed by atoms with van der Waals surface area (Å²) in [6.07, 6.45) is 2.05. The average molecular weight is 338 g/mol. The van der Waals surface area contributed by atoms with Crippen molar-refractivity contribution in [3.8, 4) is 0 Å². The average Bonchev–Trinajstić information content (AvgIpc) is 2.18. The van der Waals surface area contributed by atoms with Crippen LogP contribution in [0.2, 0.25) is 0 Å². The first-order chi connectivity index (χ1) is 8.13. The third-order valence-corrected chi connectivity index (χ3v) is 1.75. The minimum atomic E-state index is -0.182. The molecule has 0 aromatic heterocycles. The molecule has 0 radical (unpaired) electrons. The smallest absolute Gasteiger partial charge is 0.309 e. The van der Waals surface area contributed by atoms with Gasteiger partial charge in [0.25, 0.3) is 0 Å². The molecular weight excluding hydrogens is 310 g/mol. The molecule has 0 heterocycles. The second-order valence-electron chi connectivity index (χ2n) is 4.48. The first-order valence-electron chi connectivity index (χ1n) is 5.88. The van der Waals surface area contributed by atoms with Gasteiger partial charge < -0.3 is 21.7 Å². The predicted molar refractivity (Wildman–Crippen MR) is 75.0 cm³/mol. The normalized spacial score (nSPS) is 8.32. The Bertz CT molecular complexity index is 264. The summed E-state index contributed by atoms with van der Waals surface area (Å²) in [6.45, 7) is 11.9. The van der Waals surface area contributed by atoms with E-state index >= 15 is 0 Å². The Hall–Kier alpha value is -0.900. The molecule has 0 aromatic carbocycles. The highest BCUT2D eigenvalue weighted by Gasteiger charge is 2.11. The number of esters is 1. The number of hydrogen-bond acceptors (Lipinski definition) is 3. The van der Waals surface area contributed by atoms with E-state index in [9.17, 15) is 9.59 Å². The van der Waals surface area contributed by atoms with Gasteiger partial charge in [-0.1, -0.05) is 26.5 Å². The van der Waals surface area contributed by atoms with Crippen molar-refractivity contribution in [3.63, 3.8) is 0 Å². The van der Waals surface area contributed by atoms with E-state index in [1.165, 1.54) is 6.92 Å². The Morgan fingerprint density at radius 1 is 1.16 bits per heavy atom. The van der Waals surface area contributed by atoms with Gasteiger partial charge in [0.15, 0.2) is 0 Å². The van der Waals surface area contributed by atoms with Crippen molar-refractivity contribution in [2.45, 2.75) is 33.6 Å². The zero-order chi connectivity index (χ0) is 15.2. The first kappa shape index (κ1) is 26.6. The largest absolute Gasteiger partial charge is 1.00 e. The van der Waals surface area contributed by atoms with Gasteiger partial charge in [0.1, 0.15) is 0 Å². The van der Waals surface area contributed by atoms with E-state index in [4.69, 9.17) is 0 Å². The van der Waals surface area contributed by atoms with Crippen LogP contribution < -0.4 is 17.0 Å². The molecule has 5 heteroatoms. The Kier molecular flexibility index (Phi) is 24.0. The number of carbonyl (C=O) groups is 2. The Morgan fingerprint density at radius 2 is 1.47 bits per heavy atom. The molecule has 1 amide bonds. The molecule has 19 heavy (non-hydrogen) atoms. The van der Waals surface area contributed by atoms with Gasteiger partial charge in [-0.3, -0.25) is 9.28 Å². The lowest BCUT2D eigenvalue weighted by Gasteiger charge is -2.17. The number of quaternary nitrogens is 1. The highest BCUT2D eigenvalue weighted by molar-refractivity contribution is 5.65. The van der Waals surface area contributed by atoms with Gasteiger partial charge in [0.05, 0.1) is 34.7 Å². The molecule has 0 atom stereocenters. The van der Waals surface area contributed by atoms with Crippen molar-refractivity contribution in [2.75, 3.05) is 27.7 Å². The number of carbonyl (C=O) groups excluding carboxylic acids is 2. The van der Waals surface area contributed by atoms with Crippen molar-refractivity contribution in [1.82, 2.24) is 0 Å². The summed E-state index contributed by atoms with van der Waals surface area (Å²) in [5.41, 5.74) is 2.25. The minimum Gasteiger partial charge on any atom is -1.00 e. The molecule has 4 nitrogen and oxygen atoms in total. The SMILES string of the molecule is C=C=C.CC(=O)[N+](C)(C)C.CCCCOC(C)=O.[Br-]. The number of nitrogens with zero attached hydrogens (tertiary/aromatic N) is 1. The molecule has 114 valence electrons. The Labute approximate surface area is 128 Å². The number of ether oxygens (including phenoxy) is 1. The molecular formula is C14H28BrNO3. The molecule has 0 rings (SSSR count). The molecule has 0 aromatic rings. The summed E-state index contributed by atoms with van der Waals surface area (Å²) >= 11 is 0.